The largest absolute Gasteiger partial charge is 0.480 e. The fourth-order valence-corrected chi connectivity index (χ4v) is 1.53. The molecule has 1 atom stereocenters. The van der Waals surface area contributed by atoms with Crippen molar-refractivity contribution in [3.05, 3.63) is 29.0 Å². The Morgan fingerprint density at radius 2 is 2.10 bits per heavy atom. The summed E-state index contributed by atoms with van der Waals surface area (Å²) >= 11 is 5.54. The molecule has 21 heavy (non-hydrogen) atoms. The number of benzene rings is 1. The Labute approximate surface area is 124 Å². The molecule has 3 N–H and O–H groups in total. The van der Waals surface area contributed by atoms with E-state index in [-0.39, 0.29) is 10.7 Å². The molecule has 0 unspecified atom stereocenters. The molecule has 114 valence electrons. The Bertz CT molecular complexity index is 567. The molecule has 0 bridgehead atoms. The van der Waals surface area contributed by atoms with Crippen molar-refractivity contribution in [3.8, 4) is 0 Å². The van der Waals surface area contributed by atoms with Crippen molar-refractivity contribution in [2.45, 2.75) is 12.5 Å². The lowest BCUT2D eigenvalue weighted by Gasteiger charge is -2.14. The number of hydrogen-bond donors (Lipinski definition) is 3. The Morgan fingerprint density at radius 1 is 1.43 bits per heavy atom. The molecule has 0 aliphatic carbocycles. The van der Waals surface area contributed by atoms with Gasteiger partial charge in [-0.05, 0) is 18.2 Å². The Hall–Kier alpha value is -2.35. The predicted octanol–water partition coefficient (Wildman–Crippen LogP) is 1.62. The highest BCUT2D eigenvalue weighted by molar-refractivity contribution is 6.31. The number of methoxy groups -OCH3 is 1. The predicted molar refractivity (Wildman–Crippen MR) is 71.6 cm³/mol. The lowest BCUT2D eigenvalue weighted by Crippen LogP contribution is -2.44. The van der Waals surface area contributed by atoms with Crippen molar-refractivity contribution in [1.29, 1.82) is 0 Å². The highest BCUT2D eigenvalue weighted by atomic mass is 35.5. The van der Waals surface area contributed by atoms with E-state index in [0.29, 0.717) is 0 Å². The monoisotopic (exact) mass is 318 g/mol. The first-order valence-electron chi connectivity index (χ1n) is 5.65. The van der Waals surface area contributed by atoms with E-state index in [2.05, 4.69) is 15.4 Å². The Morgan fingerprint density at radius 3 is 2.62 bits per heavy atom. The normalized spacial score (nSPS) is 11.4. The molecule has 0 aliphatic rings. The molecule has 0 spiro atoms. The van der Waals surface area contributed by atoms with Gasteiger partial charge < -0.3 is 20.5 Å². The standard InChI is InChI=1S/C12H12ClFN2O5/c1-21-10(17)5-9(11(18)19)16-12(20)15-6-2-3-8(14)7(13)4-6/h2-4,9H,5H2,1H3,(H,18,19)(H2,15,16,20)/t9-/m0/s1. The molecule has 0 saturated heterocycles. The van der Waals surface area contributed by atoms with E-state index in [1.165, 1.54) is 6.07 Å². The minimum Gasteiger partial charge on any atom is -0.480 e. The van der Waals surface area contributed by atoms with Crippen LogP contribution >= 0.6 is 11.6 Å². The zero-order chi connectivity index (χ0) is 16.0. The van der Waals surface area contributed by atoms with Gasteiger partial charge in [0.05, 0.1) is 18.6 Å². The maximum atomic E-state index is 12.9. The second kappa shape index (κ2) is 7.44. The molecule has 1 aromatic carbocycles. The van der Waals surface area contributed by atoms with Crippen LogP contribution < -0.4 is 10.6 Å². The Kier molecular flexibility index (Phi) is 5.92. The summed E-state index contributed by atoms with van der Waals surface area (Å²) in [6, 6.07) is 1.12. The first-order valence-corrected chi connectivity index (χ1v) is 6.03. The van der Waals surface area contributed by atoms with Crippen molar-refractivity contribution < 1.29 is 28.6 Å². The van der Waals surface area contributed by atoms with Crippen LogP contribution in [0, 0.1) is 5.82 Å². The molecular weight excluding hydrogens is 307 g/mol. The number of hydrogen-bond acceptors (Lipinski definition) is 4. The molecule has 0 fully saturated rings. The summed E-state index contributed by atoms with van der Waals surface area (Å²) in [5.41, 5.74) is 0.168. The second-order valence-corrected chi connectivity index (χ2v) is 4.31. The van der Waals surface area contributed by atoms with Crippen LogP contribution in [0.2, 0.25) is 5.02 Å². The van der Waals surface area contributed by atoms with E-state index in [1.54, 1.807) is 0 Å². The topological polar surface area (TPSA) is 105 Å². The number of carbonyl (C=O) groups excluding carboxylic acids is 2. The SMILES string of the molecule is COC(=O)C[C@H](NC(=O)Nc1ccc(F)c(Cl)c1)C(=O)O. The van der Waals surface area contributed by atoms with Crippen molar-refractivity contribution in [2.24, 2.45) is 0 Å². The van der Waals surface area contributed by atoms with Crippen LogP contribution in [0.4, 0.5) is 14.9 Å². The summed E-state index contributed by atoms with van der Waals surface area (Å²) in [7, 11) is 1.10. The molecule has 0 aromatic heterocycles. The maximum Gasteiger partial charge on any atom is 0.326 e. The fourth-order valence-electron chi connectivity index (χ4n) is 1.35. The van der Waals surface area contributed by atoms with E-state index in [9.17, 15) is 18.8 Å². The van der Waals surface area contributed by atoms with Crippen LogP contribution in [-0.2, 0) is 14.3 Å². The van der Waals surface area contributed by atoms with Gasteiger partial charge in [0.1, 0.15) is 11.9 Å². The average Bonchev–Trinajstić information content (AvgIpc) is 2.41. The summed E-state index contributed by atoms with van der Waals surface area (Å²) < 4.78 is 17.3. The first-order chi connectivity index (χ1) is 9.83. The average molecular weight is 319 g/mol. The van der Waals surface area contributed by atoms with E-state index < -0.39 is 36.2 Å². The molecule has 2 amide bonds. The number of nitrogens with one attached hydrogen (secondary N) is 2. The molecule has 0 radical (unpaired) electrons. The first kappa shape index (κ1) is 16.7. The summed E-state index contributed by atoms with van der Waals surface area (Å²) in [5, 5.41) is 13.0. The van der Waals surface area contributed by atoms with Gasteiger partial charge in [-0.3, -0.25) is 4.79 Å². The number of aliphatic carboxylic acids is 1. The maximum absolute atomic E-state index is 12.9. The lowest BCUT2D eigenvalue weighted by molar-refractivity contribution is -0.147. The number of amides is 2. The molecule has 1 rings (SSSR count). The number of urea groups is 1. The summed E-state index contributed by atoms with van der Waals surface area (Å²) in [6.07, 6.45) is -0.524. The van der Waals surface area contributed by atoms with Crippen LogP contribution in [0.1, 0.15) is 6.42 Å². The molecule has 7 nitrogen and oxygen atoms in total. The number of rotatable bonds is 5. The highest BCUT2D eigenvalue weighted by Gasteiger charge is 2.23. The third-order valence-corrected chi connectivity index (χ3v) is 2.67. The van der Waals surface area contributed by atoms with E-state index in [4.69, 9.17) is 16.7 Å². The fraction of sp³-hybridized carbons (Fsp3) is 0.250. The van der Waals surface area contributed by atoms with E-state index in [1.807, 2.05) is 0 Å². The van der Waals surface area contributed by atoms with Crippen molar-refractivity contribution in [2.75, 3.05) is 12.4 Å². The molecular formula is C12H12ClFN2O5. The number of anilines is 1. The molecule has 0 saturated carbocycles. The van der Waals surface area contributed by atoms with Crippen LogP contribution in [0.15, 0.2) is 18.2 Å². The van der Waals surface area contributed by atoms with Gasteiger partial charge in [0, 0.05) is 5.69 Å². The van der Waals surface area contributed by atoms with Gasteiger partial charge in [-0.2, -0.15) is 0 Å². The van der Waals surface area contributed by atoms with Gasteiger partial charge in [-0.1, -0.05) is 11.6 Å². The molecule has 9 heteroatoms. The number of ether oxygens (including phenoxy) is 1. The van der Waals surface area contributed by atoms with Gasteiger partial charge in [0.2, 0.25) is 0 Å². The van der Waals surface area contributed by atoms with E-state index in [0.717, 1.165) is 19.2 Å². The quantitative estimate of drug-likeness (QED) is 0.715. The number of carboxylic acids is 1. The summed E-state index contributed by atoms with van der Waals surface area (Å²) in [4.78, 5) is 33.6. The minimum absolute atomic E-state index is 0.168. The Balaban J connectivity index is 2.67. The zero-order valence-electron chi connectivity index (χ0n) is 10.9. The van der Waals surface area contributed by atoms with Gasteiger partial charge in [-0.15, -0.1) is 0 Å². The molecule has 1 aromatic rings. The minimum atomic E-state index is -1.45. The third-order valence-electron chi connectivity index (χ3n) is 2.38. The summed E-state index contributed by atoms with van der Waals surface area (Å²) in [6.45, 7) is 0. The van der Waals surface area contributed by atoms with Crippen LogP contribution in [0.25, 0.3) is 0 Å². The molecule has 0 heterocycles. The lowest BCUT2D eigenvalue weighted by atomic mass is 10.2. The molecule has 0 aliphatic heterocycles. The second-order valence-electron chi connectivity index (χ2n) is 3.90. The number of carbonyl (C=O) groups is 3. The number of halogens is 2. The van der Waals surface area contributed by atoms with Crippen LogP contribution in [0.3, 0.4) is 0 Å². The smallest absolute Gasteiger partial charge is 0.326 e. The van der Waals surface area contributed by atoms with Crippen molar-refractivity contribution >= 4 is 35.3 Å². The third kappa shape index (κ3) is 5.27. The van der Waals surface area contributed by atoms with Gasteiger partial charge in [0.25, 0.3) is 0 Å². The zero-order valence-corrected chi connectivity index (χ0v) is 11.6. The van der Waals surface area contributed by atoms with Crippen LogP contribution in [0.5, 0.6) is 0 Å². The highest BCUT2D eigenvalue weighted by Crippen LogP contribution is 2.19. The van der Waals surface area contributed by atoms with Crippen LogP contribution in [-0.4, -0.2) is 36.2 Å². The summed E-state index contributed by atoms with van der Waals surface area (Å²) in [5.74, 6) is -2.84. The van der Waals surface area contributed by atoms with Crippen molar-refractivity contribution in [1.82, 2.24) is 5.32 Å². The number of carboxylic acid groups (broad SMARTS) is 1. The van der Waals surface area contributed by atoms with Gasteiger partial charge >= 0.3 is 18.0 Å². The van der Waals surface area contributed by atoms with E-state index >= 15 is 0 Å². The van der Waals surface area contributed by atoms with Gasteiger partial charge in [0.15, 0.2) is 0 Å². The van der Waals surface area contributed by atoms with Crippen molar-refractivity contribution in [3.63, 3.8) is 0 Å². The number of esters is 1. The van der Waals surface area contributed by atoms with Gasteiger partial charge in [-0.25, -0.2) is 14.0 Å².